The van der Waals surface area contributed by atoms with E-state index in [2.05, 4.69) is 0 Å². The third kappa shape index (κ3) is 1.87. The molecule has 0 aromatic rings. The summed E-state index contributed by atoms with van der Waals surface area (Å²) in [6, 6.07) is 0. The molecule has 4 nitrogen and oxygen atoms in total. The first kappa shape index (κ1) is 18.4. The number of amides is 2. The highest BCUT2D eigenvalue weighted by Crippen LogP contribution is 2.77. The minimum atomic E-state index is -1.91. The molecule has 1 saturated carbocycles. The van der Waals surface area contributed by atoms with Gasteiger partial charge in [-0.2, -0.15) is 5.06 Å². The lowest BCUT2D eigenvalue weighted by Gasteiger charge is -2.34. The van der Waals surface area contributed by atoms with Gasteiger partial charge >= 0.3 is 0 Å². The molecule has 128 valence electrons. The van der Waals surface area contributed by atoms with Crippen molar-refractivity contribution < 1.29 is 14.4 Å². The highest BCUT2D eigenvalue weighted by Gasteiger charge is 2.87. The summed E-state index contributed by atoms with van der Waals surface area (Å²) in [6.07, 6.45) is 1.52. The Hall–Kier alpha value is 0.580. The van der Waals surface area contributed by atoms with Crippen LogP contribution in [-0.4, -0.2) is 37.6 Å². The average Bonchev–Trinajstić information content (AvgIpc) is 2.86. The number of fused-ring (bicyclic) bond motifs is 5. The SMILES string of the molecule is CCCCON1C(=O)[C@@H]2[C@@H](C1=O)[C@]1(Cl)C(Cl)=C(Cl)[C@]2(Cl)C1(Cl)Cl. The highest BCUT2D eigenvalue weighted by atomic mass is 35.5. The molecule has 0 aromatic carbocycles. The van der Waals surface area contributed by atoms with Crippen molar-refractivity contribution in [3.8, 4) is 0 Å². The summed E-state index contributed by atoms with van der Waals surface area (Å²) in [4.78, 5) is 27.1. The van der Waals surface area contributed by atoms with Gasteiger partial charge in [0.05, 0.1) is 28.5 Å². The van der Waals surface area contributed by atoms with Crippen LogP contribution in [0, 0.1) is 11.8 Å². The van der Waals surface area contributed by atoms with Crippen molar-refractivity contribution in [3.63, 3.8) is 0 Å². The molecule has 1 saturated heterocycles. The van der Waals surface area contributed by atoms with Crippen molar-refractivity contribution in [1.82, 2.24) is 5.06 Å². The predicted molar refractivity (Wildman–Crippen MR) is 90.0 cm³/mol. The number of nitrogens with zero attached hydrogens (tertiary/aromatic N) is 1. The van der Waals surface area contributed by atoms with Crippen molar-refractivity contribution >= 4 is 81.4 Å². The molecule has 0 spiro atoms. The van der Waals surface area contributed by atoms with E-state index < -0.39 is 37.7 Å². The summed E-state index contributed by atoms with van der Waals surface area (Å²) in [6.45, 7) is 2.16. The minimum Gasteiger partial charge on any atom is -0.272 e. The minimum absolute atomic E-state index is 0.112. The Morgan fingerprint density at radius 1 is 1.00 bits per heavy atom. The zero-order chi connectivity index (χ0) is 17.4. The van der Waals surface area contributed by atoms with Crippen LogP contribution in [-0.2, 0) is 14.4 Å². The molecule has 3 rings (SSSR count). The number of alkyl halides is 4. The Kier molecular flexibility index (Phi) is 4.42. The average molecular weight is 442 g/mol. The van der Waals surface area contributed by atoms with Crippen LogP contribution in [0.1, 0.15) is 19.8 Å². The number of hydroxylamine groups is 2. The number of imide groups is 1. The molecule has 3 aliphatic rings. The summed E-state index contributed by atoms with van der Waals surface area (Å²) in [7, 11) is 0. The number of carbonyl (C=O) groups is 2. The second-order valence-corrected chi connectivity index (χ2v) is 9.01. The highest BCUT2D eigenvalue weighted by molar-refractivity contribution is 6.66. The fraction of sp³-hybridized carbons (Fsp3) is 0.692. The van der Waals surface area contributed by atoms with Crippen LogP contribution in [0.3, 0.4) is 0 Å². The van der Waals surface area contributed by atoms with Gasteiger partial charge in [0.2, 0.25) is 0 Å². The molecule has 2 amide bonds. The monoisotopic (exact) mass is 439 g/mol. The molecule has 0 radical (unpaired) electrons. The zero-order valence-electron chi connectivity index (χ0n) is 11.7. The molecule has 2 bridgehead atoms. The maximum atomic E-state index is 12.7. The Bertz CT molecular complexity index is 591. The van der Waals surface area contributed by atoms with E-state index in [0.717, 1.165) is 6.42 Å². The number of allylic oxidation sites excluding steroid dienone is 2. The van der Waals surface area contributed by atoms with E-state index >= 15 is 0 Å². The molecule has 2 fully saturated rings. The van der Waals surface area contributed by atoms with Gasteiger partial charge < -0.3 is 0 Å². The first-order valence-electron chi connectivity index (χ1n) is 6.91. The van der Waals surface area contributed by atoms with Gasteiger partial charge in [-0.1, -0.05) is 59.7 Å². The molecular weight excluding hydrogens is 431 g/mol. The largest absolute Gasteiger partial charge is 0.272 e. The third-order valence-electron chi connectivity index (χ3n) is 4.59. The first-order valence-corrected chi connectivity index (χ1v) is 9.17. The summed E-state index contributed by atoms with van der Waals surface area (Å²) in [5.41, 5.74) is 0. The molecule has 2 aliphatic carbocycles. The van der Waals surface area contributed by atoms with E-state index in [1.807, 2.05) is 6.92 Å². The second-order valence-electron chi connectivity index (χ2n) is 5.74. The number of rotatable bonds is 4. The van der Waals surface area contributed by atoms with Gasteiger partial charge in [-0.3, -0.25) is 14.4 Å². The topological polar surface area (TPSA) is 46.6 Å². The van der Waals surface area contributed by atoms with E-state index in [9.17, 15) is 9.59 Å². The fourth-order valence-electron chi connectivity index (χ4n) is 3.40. The summed E-state index contributed by atoms with van der Waals surface area (Å²) in [5, 5.41) is 0.458. The normalized spacial score (nSPS) is 41.3. The summed E-state index contributed by atoms with van der Waals surface area (Å²) in [5.74, 6) is -3.61. The van der Waals surface area contributed by atoms with Gasteiger partial charge in [0, 0.05) is 0 Å². The lowest BCUT2D eigenvalue weighted by molar-refractivity contribution is -0.190. The molecule has 1 heterocycles. The maximum absolute atomic E-state index is 12.7. The van der Waals surface area contributed by atoms with Crippen LogP contribution < -0.4 is 0 Å². The number of hydrogen-bond donors (Lipinski definition) is 0. The molecule has 0 N–H and O–H groups in total. The third-order valence-corrected chi connectivity index (χ3v) is 8.85. The Morgan fingerprint density at radius 2 is 1.43 bits per heavy atom. The van der Waals surface area contributed by atoms with Crippen molar-refractivity contribution in [2.45, 2.75) is 33.8 Å². The van der Waals surface area contributed by atoms with Crippen LogP contribution in [0.4, 0.5) is 0 Å². The van der Waals surface area contributed by atoms with Gasteiger partial charge in [0.15, 0.2) is 4.33 Å². The van der Waals surface area contributed by atoms with Crippen LogP contribution in [0.15, 0.2) is 10.1 Å². The van der Waals surface area contributed by atoms with Crippen LogP contribution in [0.2, 0.25) is 0 Å². The van der Waals surface area contributed by atoms with Crippen molar-refractivity contribution in [2.24, 2.45) is 11.8 Å². The Labute approximate surface area is 162 Å². The van der Waals surface area contributed by atoms with Crippen molar-refractivity contribution in [3.05, 3.63) is 10.1 Å². The van der Waals surface area contributed by atoms with Gasteiger partial charge in [-0.25, -0.2) is 0 Å². The van der Waals surface area contributed by atoms with Gasteiger partial charge in [-0.15, -0.1) is 23.2 Å². The molecule has 0 unspecified atom stereocenters. The quantitative estimate of drug-likeness (QED) is 0.374. The molecule has 4 atom stereocenters. The summed E-state index contributed by atoms with van der Waals surface area (Å²) < 4.78 is -1.91. The standard InChI is InChI=1S/C13H11Cl6NO3/c1-2-3-4-23-20-9(21)5-6(10(20)22)12(17)8(15)7(14)11(5,16)13(12,18)19/h5-6H,2-4H2,1H3/t5-,6-,11-,12-/m0/s1. The van der Waals surface area contributed by atoms with Gasteiger partial charge in [0.1, 0.15) is 9.75 Å². The lowest BCUT2D eigenvalue weighted by Crippen LogP contribution is -2.50. The molecule has 0 aromatic heterocycles. The smallest absolute Gasteiger partial charge is 0.259 e. The molecule has 1 aliphatic heterocycles. The van der Waals surface area contributed by atoms with Crippen LogP contribution in [0.25, 0.3) is 0 Å². The fourth-order valence-corrected chi connectivity index (χ4v) is 6.33. The number of hydrogen-bond acceptors (Lipinski definition) is 3. The van der Waals surface area contributed by atoms with E-state index in [4.69, 9.17) is 74.4 Å². The lowest BCUT2D eigenvalue weighted by atomic mass is 9.84. The molecular formula is C13H11Cl6NO3. The Morgan fingerprint density at radius 3 is 1.83 bits per heavy atom. The van der Waals surface area contributed by atoms with E-state index in [0.29, 0.717) is 11.5 Å². The number of halogens is 6. The van der Waals surface area contributed by atoms with Gasteiger partial charge in [0.25, 0.3) is 11.8 Å². The van der Waals surface area contributed by atoms with Gasteiger partial charge in [-0.05, 0) is 6.42 Å². The van der Waals surface area contributed by atoms with E-state index in [-0.39, 0.29) is 16.7 Å². The molecule has 10 heteroatoms. The van der Waals surface area contributed by atoms with Crippen molar-refractivity contribution in [2.75, 3.05) is 6.61 Å². The van der Waals surface area contributed by atoms with E-state index in [1.54, 1.807) is 0 Å². The maximum Gasteiger partial charge on any atom is 0.259 e. The van der Waals surface area contributed by atoms with Crippen LogP contribution in [0.5, 0.6) is 0 Å². The van der Waals surface area contributed by atoms with Crippen LogP contribution >= 0.6 is 69.6 Å². The predicted octanol–water partition coefficient (Wildman–Crippen LogP) is 4.16. The van der Waals surface area contributed by atoms with Crippen molar-refractivity contribution in [1.29, 1.82) is 0 Å². The Balaban J connectivity index is 2.06. The zero-order valence-corrected chi connectivity index (χ0v) is 16.3. The summed E-state index contributed by atoms with van der Waals surface area (Å²) >= 11 is 38.1. The number of carbonyl (C=O) groups excluding carboxylic acids is 2. The number of unbranched alkanes of at least 4 members (excludes halogenated alkanes) is 1. The second kappa shape index (κ2) is 5.54. The molecule has 23 heavy (non-hydrogen) atoms. The van der Waals surface area contributed by atoms with E-state index in [1.165, 1.54) is 0 Å². The first-order chi connectivity index (χ1) is 10.6.